The van der Waals surface area contributed by atoms with E-state index in [-0.39, 0.29) is 0 Å². The summed E-state index contributed by atoms with van der Waals surface area (Å²) in [6.07, 6.45) is 1.94. The normalized spacial score (nSPS) is 10.7. The van der Waals surface area contributed by atoms with E-state index in [4.69, 9.17) is 0 Å². The molecule has 0 fully saturated rings. The van der Waals surface area contributed by atoms with Crippen molar-refractivity contribution in [3.05, 3.63) is 35.4 Å². The zero-order valence-corrected chi connectivity index (χ0v) is 9.14. The third kappa shape index (κ3) is 3.01. The first-order chi connectivity index (χ1) is 7.19. The maximum Gasteiger partial charge on any atom is 0.130 e. The van der Waals surface area contributed by atoms with Gasteiger partial charge in [-0.3, -0.25) is 0 Å². The van der Waals surface area contributed by atoms with Gasteiger partial charge in [-0.1, -0.05) is 38.1 Å². The van der Waals surface area contributed by atoms with E-state index in [0.717, 1.165) is 5.56 Å². The van der Waals surface area contributed by atoms with E-state index in [1.807, 2.05) is 24.3 Å². The Labute approximate surface area is 90.3 Å². The van der Waals surface area contributed by atoms with Crippen molar-refractivity contribution in [2.24, 2.45) is 5.92 Å². The van der Waals surface area contributed by atoms with Crippen LogP contribution in [-0.2, 0) is 16.0 Å². The summed E-state index contributed by atoms with van der Waals surface area (Å²) >= 11 is 0. The Hall–Kier alpha value is -1.44. The monoisotopic (exact) mass is 204 g/mol. The molecule has 80 valence electrons. The van der Waals surface area contributed by atoms with Gasteiger partial charge >= 0.3 is 0 Å². The quantitative estimate of drug-likeness (QED) is 0.545. The van der Waals surface area contributed by atoms with Crippen LogP contribution < -0.4 is 0 Å². The maximum absolute atomic E-state index is 10.6. The molecule has 0 bridgehead atoms. The van der Waals surface area contributed by atoms with Crippen molar-refractivity contribution in [1.82, 2.24) is 0 Å². The molecule has 1 rings (SSSR count). The van der Waals surface area contributed by atoms with Crippen LogP contribution in [-0.4, -0.2) is 12.6 Å². The van der Waals surface area contributed by atoms with Crippen LogP contribution in [0.4, 0.5) is 0 Å². The van der Waals surface area contributed by atoms with Crippen molar-refractivity contribution in [2.75, 3.05) is 0 Å². The summed E-state index contributed by atoms with van der Waals surface area (Å²) in [7, 11) is 0. The Morgan fingerprint density at radius 2 is 1.73 bits per heavy atom. The van der Waals surface area contributed by atoms with Crippen molar-refractivity contribution in [2.45, 2.75) is 26.2 Å². The summed E-state index contributed by atoms with van der Waals surface area (Å²) in [6.45, 7) is 4.21. The van der Waals surface area contributed by atoms with Crippen molar-refractivity contribution in [3.63, 3.8) is 0 Å². The molecule has 15 heavy (non-hydrogen) atoms. The molecule has 0 aromatic heterocycles. The minimum atomic E-state index is -0.509. The predicted molar refractivity (Wildman–Crippen MR) is 59.9 cm³/mol. The van der Waals surface area contributed by atoms with Gasteiger partial charge in [-0.05, 0) is 23.5 Å². The molecule has 0 radical (unpaired) electrons. The highest BCUT2D eigenvalue weighted by Crippen LogP contribution is 2.20. The number of rotatable bonds is 5. The second-order valence-corrected chi connectivity index (χ2v) is 3.99. The lowest BCUT2D eigenvalue weighted by atomic mass is 9.92. The summed E-state index contributed by atoms with van der Waals surface area (Å²) in [4.78, 5) is 21.2. The fraction of sp³-hybridized carbons (Fsp3) is 0.385. The first-order valence-corrected chi connectivity index (χ1v) is 5.17. The molecule has 0 aliphatic heterocycles. The molecular weight excluding hydrogens is 188 g/mol. The van der Waals surface area contributed by atoms with Crippen LogP contribution in [0.2, 0.25) is 0 Å². The summed E-state index contributed by atoms with van der Waals surface area (Å²) in [5.74, 6) is -0.0925. The molecule has 0 aliphatic rings. The largest absolute Gasteiger partial charge is 0.303 e. The van der Waals surface area contributed by atoms with Gasteiger partial charge < -0.3 is 9.59 Å². The van der Waals surface area contributed by atoms with E-state index >= 15 is 0 Å². The molecule has 2 nitrogen and oxygen atoms in total. The van der Waals surface area contributed by atoms with E-state index < -0.39 is 5.92 Å². The van der Waals surface area contributed by atoms with E-state index in [1.165, 1.54) is 5.56 Å². The fourth-order valence-electron chi connectivity index (χ4n) is 1.67. The van der Waals surface area contributed by atoms with Crippen LogP contribution in [0.1, 0.15) is 30.9 Å². The van der Waals surface area contributed by atoms with Crippen LogP contribution in [0.25, 0.3) is 0 Å². The number of aldehydes is 2. The third-order valence-electron chi connectivity index (χ3n) is 2.48. The molecule has 1 aromatic carbocycles. The van der Waals surface area contributed by atoms with Gasteiger partial charge in [-0.15, -0.1) is 0 Å². The molecular formula is C13H16O2. The van der Waals surface area contributed by atoms with Crippen LogP contribution in [0.15, 0.2) is 24.3 Å². The number of hydrogen-bond acceptors (Lipinski definition) is 2. The predicted octanol–water partition coefficient (Wildman–Crippen LogP) is 2.37. The van der Waals surface area contributed by atoms with Gasteiger partial charge in [0, 0.05) is 0 Å². The Morgan fingerprint density at radius 3 is 2.27 bits per heavy atom. The van der Waals surface area contributed by atoms with Gasteiger partial charge in [0.2, 0.25) is 0 Å². The molecule has 0 saturated heterocycles. The molecule has 0 saturated carbocycles. The minimum Gasteiger partial charge on any atom is -0.303 e. The second-order valence-electron chi connectivity index (χ2n) is 3.99. The number of carbonyl (C=O) groups excluding carboxylic acids is 2. The molecule has 0 heterocycles. The average Bonchev–Trinajstić information content (AvgIpc) is 2.26. The van der Waals surface area contributed by atoms with Gasteiger partial charge in [-0.25, -0.2) is 0 Å². The first kappa shape index (κ1) is 11.6. The number of benzene rings is 1. The molecule has 0 N–H and O–H groups in total. The van der Waals surface area contributed by atoms with Gasteiger partial charge in [-0.2, -0.15) is 0 Å². The highest BCUT2D eigenvalue weighted by Gasteiger charge is 2.11. The second kappa shape index (κ2) is 5.44. The summed E-state index contributed by atoms with van der Waals surface area (Å²) < 4.78 is 0. The lowest BCUT2D eigenvalue weighted by molar-refractivity contribution is -0.119. The van der Waals surface area contributed by atoms with Gasteiger partial charge in [0.1, 0.15) is 12.6 Å². The van der Waals surface area contributed by atoms with E-state index in [1.54, 1.807) is 0 Å². The molecule has 0 amide bonds. The zero-order valence-electron chi connectivity index (χ0n) is 9.14. The van der Waals surface area contributed by atoms with E-state index in [2.05, 4.69) is 13.8 Å². The van der Waals surface area contributed by atoms with Crippen LogP contribution in [0, 0.1) is 5.92 Å². The first-order valence-electron chi connectivity index (χ1n) is 5.17. The maximum atomic E-state index is 10.6. The Balaban J connectivity index is 2.92. The molecule has 0 unspecified atom stereocenters. The average molecular weight is 204 g/mol. The Kier molecular flexibility index (Phi) is 4.22. The van der Waals surface area contributed by atoms with E-state index in [9.17, 15) is 9.59 Å². The van der Waals surface area contributed by atoms with E-state index in [0.29, 0.717) is 24.9 Å². The van der Waals surface area contributed by atoms with Crippen LogP contribution >= 0.6 is 0 Å². The van der Waals surface area contributed by atoms with Crippen molar-refractivity contribution < 1.29 is 9.59 Å². The topological polar surface area (TPSA) is 34.1 Å². The Bertz CT molecular complexity index is 334. The lowest BCUT2D eigenvalue weighted by Gasteiger charge is -2.13. The van der Waals surface area contributed by atoms with Crippen molar-refractivity contribution >= 4 is 12.6 Å². The molecule has 0 spiro atoms. The SMILES string of the molecule is CC(C)c1ccccc1CC(C=O)C=O. The van der Waals surface area contributed by atoms with Gasteiger partial charge in [0.25, 0.3) is 0 Å². The molecule has 0 atom stereocenters. The highest BCUT2D eigenvalue weighted by atomic mass is 16.1. The molecule has 1 aromatic rings. The number of carbonyl (C=O) groups is 2. The summed E-state index contributed by atoms with van der Waals surface area (Å²) in [6, 6.07) is 7.95. The van der Waals surface area contributed by atoms with Crippen molar-refractivity contribution in [1.29, 1.82) is 0 Å². The minimum absolute atomic E-state index is 0.417. The third-order valence-corrected chi connectivity index (χ3v) is 2.48. The Morgan fingerprint density at radius 1 is 1.13 bits per heavy atom. The van der Waals surface area contributed by atoms with Crippen LogP contribution in [0.3, 0.4) is 0 Å². The van der Waals surface area contributed by atoms with Gasteiger partial charge in [0.15, 0.2) is 0 Å². The fourth-order valence-corrected chi connectivity index (χ4v) is 1.67. The highest BCUT2D eigenvalue weighted by molar-refractivity contribution is 5.77. The molecule has 0 aliphatic carbocycles. The smallest absolute Gasteiger partial charge is 0.130 e. The van der Waals surface area contributed by atoms with Crippen molar-refractivity contribution in [3.8, 4) is 0 Å². The summed E-state index contributed by atoms with van der Waals surface area (Å²) in [5.41, 5.74) is 2.31. The lowest BCUT2D eigenvalue weighted by Crippen LogP contribution is -2.09. The standard InChI is InChI=1S/C13H16O2/c1-10(2)13-6-4-3-5-12(13)7-11(8-14)9-15/h3-6,8-11H,7H2,1-2H3. The zero-order chi connectivity index (χ0) is 11.3. The van der Waals surface area contributed by atoms with Gasteiger partial charge in [0.05, 0.1) is 5.92 Å². The van der Waals surface area contributed by atoms with Crippen LogP contribution in [0.5, 0.6) is 0 Å². The molecule has 2 heteroatoms. The summed E-state index contributed by atoms with van der Waals surface area (Å²) in [5, 5.41) is 0. The number of hydrogen-bond donors (Lipinski definition) is 0.